The summed E-state index contributed by atoms with van der Waals surface area (Å²) in [6, 6.07) is 12.0. The van der Waals surface area contributed by atoms with Gasteiger partial charge in [0.25, 0.3) is 0 Å². The summed E-state index contributed by atoms with van der Waals surface area (Å²) in [5.74, 6) is 1.48. The average Bonchev–Trinajstić information content (AvgIpc) is 2.87. The van der Waals surface area contributed by atoms with Crippen LogP contribution < -0.4 is 4.74 Å². The van der Waals surface area contributed by atoms with Crippen molar-refractivity contribution in [2.45, 2.75) is 18.8 Å². The van der Waals surface area contributed by atoms with E-state index in [2.05, 4.69) is 20.6 Å². The number of fused-ring (bicyclic) bond motifs is 1. The van der Waals surface area contributed by atoms with Crippen molar-refractivity contribution < 1.29 is 4.74 Å². The minimum Gasteiger partial charge on any atom is -0.481 e. The Hall–Kier alpha value is -2.07. The highest BCUT2D eigenvalue weighted by atomic mass is 35.5. The summed E-state index contributed by atoms with van der Waals surface area (Å²) in [6.45, 7) is 2.62. The lowest BCUT2D eigenvalue weighted by molar-refractivity contribution is 0.397. The lowest BCUT2D eigenvalue weighted by Crippen LogP contribution is -2.06. The first-order valence-corrected chi connectivity index (χ1v) is 7.21. The van der Waals surface area contributed by atoms with Crippen molar-refractivity contribution in [3.63, 3.8) is 0 Å². The molecule has 5 heteroatoms. The molecule has 0 aliphatic carbocycles. The number of para-hydroxylation sites is 2. The lowest BCUT2D eigenvalue weighted by Gasteiger charge is -2.11. The zero-order valence-electron chi connectivity index (χ0n) is 12.0. The Labute approximate surface area is 128 Å². The first-order valence-electron chi connectivity index (χ1n) is 6.77. The fraction of sp³-hybridized carbons (Fsp3) is 0.250. The molecule has 21 heavy (non-hydrogen) atoms. The van der Waals surface area contributed by atoms with Crippen LogP contribution in [0.4, 0.5) is 0 Å². The van der Waals surface area contributed by atoms with Crippen molar-refractivity contribution in [2.75, 3.05) is 7.11 Å². The van der Waals surface area contributed by atoms with E-state index in [1.54, 1.807) is 13.3 Å². The highest BCUT2D eigenvalue weighted by Crippen LogP contribution is 2.25. The topological polar surface area (TPSA) is 39.9 Å². The monoisotopic (exact) mass is 301 g/mol. The van der Waals surface area contributed by atoms with Gasteiger partial charge in [0, 0.05) is 18.8 Å². The van der Waals surface area contributed by atoms with Gasteiger partial charge < -0.3 is 9.30 Å². The van der Waals surface area contributed by atoms with Crippen molar-refractivity contribution >= 4 is 22.6 Å². The molecule has 0 saturated heterocycles. The second-order valence-electron chi connectivity index (χ2n) is 4.87. The van der Waals surface area contributed by atoms with Crippen LogP contribution in [0.1, 0.15) is 23.7 Å². The molecule has 108 valence electrons. The maximum Gasteiger partial charge on any atom is 0.213 e. The zero-order valence-corrected chi connectivity index (χ0v) is 12.7. The number of alkyl halides is 1. The fourth-order valence-corrected chi connectivity index (χ4v) is 2.57. The summed E-state index contributed by atoms with van der Waals surface area (Å²) in [5, 5.41) is -0.152. The number of pyridine rings is 1. The Morgan fingerprint density at radius 3 is 2.86 bits per heavy atom. The number of hydrogen-bond donors (Lipinski definition) is 0. The van der Waals surface area contributed by atoms with Crippen LogP contribution in [0.25, 0.3) is 11.0 Å². The number of hydrogen-bond acceptors (Lipinski definition) is 3. The predicted octanol–water partition coefficient (Wildman–Crippen LogP) is 3.79. The molecule has 3 rings (SSSR count). The molecule has 0 radical (unpaired) electrons. The molecule has 2 aromatic heterocycles. The second-order valence-corrected chi connectivity index (χ2v) is 5.52. The molecule has 0 N–H and O–H groups in total. The highest BCUT2D eigenvalue weighted by molar-refractivity contribution is 6.20. The van der Waals surface area contributed by atoms with E-state index in [9.17, 15) is 0 Å². The van der Waals surface area contributed by atoms with Gasteiger partial charge in [0.05, 0.1) is 23.5 Å². The van der Waals surface area contributed by atoms with E-state index in [1.807, 2.05) is 37.3 Å². The van der Waals surface area contributed by atoms with Crippen LogP contribution in [0.15, 0.2) is 42.6 Å². The fourth-order valence-electron chi connectivity index (χ4n) is 2.41. The van der Waals surface area contributed by atoms with Gasteiger partial charge in [-0.05, 0) is 30.7 Å². The second kappa shape index (κ2) is 5.74. The number of methoxy groups -OCH3 is 1. The Balaban J connectivity index is 2.08. The number of halogens is 1. The molecule has 1 atom stereocenters. The largest absolute Gasteiger partial charge is 0.481 e. The molecule has 0 aliphatic rings. The van der Waals surface area contributed by atoms with Gasteiger partial charge in [0.2, 0.25) is 5.88 Å². The van der Waals surface area contributed by atoms with E-state index < -0.39 is 0 Å². The van der Waals surface area contributed by atoms with E-state index in [-0.39, 0.29) is 5.38 Å². The van der Waals surface area contributed by atoms with Gasteiger partial charge >= 0.3 is 0 Å². The van der Waals surface area contributed by atoms with Gasteiger partial charge in [-0.3, -0.25) is 0 Å². The molecule has 2 heterocycles. The van der Waals surface area contributed by atoms with E-state index >= 15 is 0 Å². The van der Waals surface area contributed by atoms with Crippen molar-refractivity contribution in [3.05, 3.63) is 54.0 Å². The summed E-state index contributed by atoms with van der Waals surface area (Å²) < 4.78 is 7.32. The molecule has 1 aromatic carbocycles. The van der Waals surface area contributed by atoms with Crippen LogP contribution in [0.5, 0.6) is 5.88 Å². The quantitative estimate of drug-likeness (QED) is 0.688. The maximum absolute atomic E-state index is 6.28. The summed E-state index contributed by atoms with van der Waals surface area (Å²) in [5.41, 5.74) is 3.14. The summed E-state index contributed by atoms with van der Waals surface area (Å²) in [4.78, 5) is 8.77. The molecule has 4 nitrogen and oxygen atoms in total. The number of benzene rings is 1. The van der Waals surface area contributed by atoms with Crippen molar-refractivity contribution in [2.24, 2.45) is 0 Å². The molecule has 0 saturated carbocycles. The summed E-state index contributed by atoms with van der Waals surface area (Å²) in [7, 11) is 1.62. The van der Waals surface area contributed by atoms with E-state index in [1.165, 1.54) is 0 Å². The van der Waals surface area contributed by atoms with Gasteiger partial charge in [0.1, 0.15) is 5.82 Å². The molecule has 0 bridgehead atoms. The van der Waals surface area contributed by atoms with Gasteiger partial charge in [-0.15, -0.1) is 11.6 Å². The van der Waals surface area contributed by atoms with Crippen LogP contribution in [-0.4, -0.2) is 21.6 Å². The number of aromatic nitrogens is 3. The van der Waals surface area contributed by atoms with Crippen LogP contribution in [0.3, 0.4) is 0 Å². The Bertz CT molecular complexity index is 767. The molecule has 0 aliphatic heterocycles. The third-order valence-corrected chi connectivity index (χ3v) is 3.58. The third-order valence-electron chi connectivity index (χ3n) is 3.39. The maximum atomic E-state index is 6.28. The summed E-state index contributed by atoms with van der Waals surface area (Å²) >= 11 is 6.28. The lowest BCUT2D eigenvalue weighted by atomic mass is 10.2. The minimum atomic E-state index is -0.152. The third kappa shape index (κ3) is 2.72. The van der Waals surface area contributed by atoms with Gasteiger partial charge in [-0.2, -0.15) is 0 Å². The number of nitrogens with zero attached hydrogens (tertiary/aromatic N) is 3. The zero-order chi connectivity index (χ0) is 14.8. The van der Waals surface area contributed by atoms with Gasteiger partial charge in [-0.1, -0.05) is 12.1 Å². The Morgan fingerprint density at radius 1 is 1.29 bits per heavy atom. The van der Waals surface area contributed by atoms with E-state index in [0.717, 1.165) is 22.4 Å². The van der Waals surface area contributed by atoms with Crippen molar-refractivity contribution in [3.8, 4) is 5.88 Å². The molecular weight excluding hydrogens is 286 g/mol. The highest BCUT2D eigenvalue weighted by Gasteiger charge is 2.15. The van der Waals surface area contributed by atoms with Crippen LogP contribution in [0.2, 0.25) is 0 Å². The molecule has 0 amide bonds. The number of rotatable bonds is 4. The molecular formula is C16H16ClN3O. The Kier molecular flexibility index (Phi) is 3.80. The smallest absolute Gasteiger partial charge is 0.213 e. The molecule has 0 spiro atoms. The molecule has 1 unspecified atom stereocenters. The van der Waals surface area contributed by atoms with Crippen molar-refractivity contribution in [1.29, 1.82) is 0 Å². The van der Waals surface area contributed by atoms with Crippen molar-refractivity contribution in [1.82, 2.24) is 14.5 Å². The van der Waals surface area contributed by atoms with Crippen LogP contribution in [-0.2, 0) is 6.54 Å². The number of imidazole rings is 1. The average molecular weight is 302 g/mol. The summed E-state index contributed by atoms with van der Waals surface area (Å²) in [6.07, 6.45) is 1.75. The molecule has 3 aromatic rings. The first-order chi connectivity index (χ1) is 10.2. The van der Waals surface area contributed by atoms with Crippen LogP contribution >= 0.6 is 11.6 Å². The van der Waals surface area contributed by atoms with Gasteiger partial charge in [-0.25, -0.2) is 9.97 Å². The van der Waals surface area contributed by atoms with Gasteiger partial charge in [0.15, 0.2) is 0 Å². The Morgan fingerprint density at radius 2 is 2.10 bits per heavy atom. The SMILES string of the molecule is COc1cc(Cn2c(C(C)Cl)nc3ccccc32)ccn1. The van der Waals surface area contributed by atoms with E-state index in [4.69, 9.17) is 16.3 Å². The van der Waals surface area contributed by atoms with E-state index in [0.29, 0.717) is 12.4 Å². The normalized spacial score (nSPS) is 12.5. The molecule has 0 fully saturated rings. The van der Waals surface area contributed by atoms with Crippen LogP contribution in [0, 0.1) is 0 Å². The minimum absolute atomic E-state index is 0.152. The first kappa shape index (κ1) is 13.9. The standard InChI is InChI=1S/C16H16ClN3O/c1-11(17)16-19-13-5-3-4-6-14(13)20(16)10-12-7-8-18-15(9-12)21-2/h3-9,11H,10H2,1-2H3. The number of ether oxygens (including phenoxy) is 1. The predicted molar refractivity (Wildman–Crippen MR) is 83.9 cm³/mol.